The van der Waals surface area contributed by atoms with Crippen molar-refractivity contribution in [3.8, 4) is 0 Å². The summed E-state index contributed by atoms with van der Waals surface area (Å²) in [5.74, 6) is -0.258. The summed E-state index contributed by atoms with van der Waals surface area (Å²) in [4.78, 5) is 3.04. The predicted octanol–water partition coefficient (Wildman–Crippen LogP) is -0.157. The van der Waals surface area contributed by atoms with Gasteiger partial charge in [0.1, 0.15) is 51.2 Å². The van der Waals surface area contributed by atoms with Crippen molar-refractivity contribution in [2.75, 3.05) is 32.7 Å². The van der Waals surface area contributed by atoms with Crippen LogP contribution in [-0.4, -0.2) is 37.8 Å². The highest BCUT2D eigenvalue weighted by molar-refractivity contribution is 5.18. The topological polar surface area (TPSA) is 29.1 Å². The van der Waals surface area contributed by atoms with E-state index in [9.17, 15) is 9.50 Å². The molecule has 3 rings (SSSR count). The smallest absolute Gasteiger partial charge is 0.128 e. The second-order valence-corrected chi connectivity index (χ2v) is 6.43. The molecule has 0 radical (unpaired) electrons. The zero-order valence-electron chi connectivity index (χ0n) is 13.3. The fraction of sp³-hybridized carbons (Fsp3) is 0.368. The molecule has 4 heteroatoms. The van der Waals surface area contributed by atoms with Crippen LogP contribution in [0.2, 0.25) is 0 Å². The zero-order valence-corrected chi connectivity index (χ0v) is 13.3. The van der Waals surface area contributed by atoms with Gasteiger partial charge in [-0.05, 0) is 17.7 Å². The van der Waals surface area contributed by atoms with Gasteiger partial charge in [-0.2, -0.15) is 0 Å². The van der Waals surface area contributed by atoms with Gasteiger partial charge in [-0.1, -0.05) is 42.5 Å². The molecule has 1 fully saturated rings. The number of rotatable bonds is 5. The Kier molecular flexibility index (Phi) is 5.39. The van der Waals surface area contributed by atoms with E-state index in [1.54, 1.807) is 17.0 Å². The highest BCUT2D eigenvalue weighted by atomic mass is 19.1. The van der Waals surface area contributed by atoms with Crippen LogP contribution in [0.3, 0.4) is 0 Å². The lowest BCUT2D eigenvalue weighted by molar-refractivity contribution is -1.02. The molecule has 0 aromatic heterocycles. The van der Waals surface area contributed by atoms with Crippen LogP contribution in [0.1, 0.15) is 17.2 Å². The van der Waals surface area contributed by atoms with Crippen molar-refractivity contribution in [2.45, 2.75) is 12.6 Å². The van der Waals surface area contributed by atoms with Crippen LogP contribution in [0, 0.1) is 5.82 Å². The van der Waals surface area contributed by atoms with Gasteiger partial charge >= 0.3 is 0 Å². The Morgan fingerprint density at radius 2 is 1.48 bits per heavy atom. The average Bonchev–Trinajstić information content (AvgIpc) is 2.58. The standard InChI is InChI=1S/C19H23FN2O/c20-18-8-6-17(7-9-18)19(23)15-22-12-10-21(11-13-22)14-16-4-2-1-3-5-16/h1-9,19,23H,10-15H2/p+2/t19-/m1/s1. The highest BCUT2D eigenvalue weighted by Crippen LogP contribution is 2.11. The number of aliphatic hydroxyl groups excluding tert-OH is 1. The van der Waals surface area contributed by atoms with Gasteiger partial charge in [-0.15, -0.1) is 0 Å². The maximum absolute atomic E-state index is 12.9. The quantitative estimate of drug-likeness (QED) is 0.703. The Morgan fingerprint density at radius 3 is 2.13 bits per heavy atom. The first-order valence-corrected chi connectivity index (χ1v) is 8.35. The zero-order chi connectivity index (χ0) is 16.1. The SMILES string of the molecule is O[C@H](C[NH+]1CC[NH+](Cc2ccccc2)CC1)c1ccc(F)cc1. The Labute approximate surface area is 137 Å². The molecule has 0 aliphatic carbocycles. The Hall–Kier alpha value is -1.75. The number of quaternary nitrogens is 2. The maximum Gasteiger partial charge on any atom is 0.128 e. The molecule has 1 heterocycles. The van der Waals surface area contributed by atoms with Crippen LogP contribution in [0.4, 0.5) is 4.39 Å². The molecule has 3 N–H and O–H groups in total. The van der Waals surface area contributed by atoms with Gasteiger partial charge < -0.3 is 14.9 Å². The number of aliphatic hydroxyl groups is 1. The minimum absolute atomic E-state index is 0.258. The largest absolute Gasteiger partial charge is 0.382 e. The molecule has 0 spiro atoms. The van der Waals surface area contributed by atoms with Crippen molar-refractivity contribution in [3.05, 3.63) is 71.5 Å². The molecule has 0 saturated carbocycles. The van der Waals surface area contributed by atoms with E-state index in [1.807, 2.05) is 0 Å². The molecule has 1 aliphatic heterocycles. The van der Waals surface area contributed by atoms with E-state index >= 15 is 0 Å². The molecule has 2 aromatic carbocycles. The van der Waals surface area contributed by atoms with Gasteiger partial charge in [0.15, 0.2) is 0 Å². The molecule has 1 saturated heterocycles. The van der Waals surface area contributed by atoms with E-state index in [0.29, 0.717) is 6.54 Å². The Balaban J connectivity index is 1.46. The number of hydrogen-bond acceptors (Lipinski definition) is 1. The number of benzene rings is 2. The van der Waals surface area contributed by atoms with E-state index in [-0.39, 0.29) is 5.82 Å². The first kappa shape index (κ1) is 16.1. The molecular formula is C19H25FN2O+2. The first-order chi connectivity index (χ1) is 11.2. The molecule has 0 amide bonds. The van der Waals surface area contributed by atoms with Crippen LogP contribution in [0.15, 0.2) is 54.6 Å². The van der Waals surface area contributed by atoms with Gasteiger partial charge in [0.25, 0.3) is 0 Å². The fourth-order valence-corrected chi connectivity index (χ4v) is 3.30. The maximum atomic E-state index is 12.9. The first-order valence-electron chi connectivity index (χ1n) is 8.35. The summed E-state index contributed by atoms with van der Waals surface area (Å²) in [6.07, 6.45) is -0.513. The lowest BCUT2D eigenvalue weighted by Crippen LogP contribution is -3.27. The second kappa shape index (κ2) is 7.68. The van der Waals surface area contributed by atoms with Crippen molar-refractivity contribution in [3.63, 3.8) is 0 Å². The molecule has 1 aliphatic rings. The van der Waals surface area contributed by atoms with Crippen molar-refractivity contribution in [2.24, 2.45) is 0 Å². The summed E-state index contributed by atoms with van der Waals surface area (Å²) in [6.45, 7) is 6.17. The van der Waals surface area contributed by atoms with E-state index < -0.39 is 6.10 Å². The number of piperazine rings is 1. The summed E-state index contributed by atoms with van der Waals surface area (Å²) in [5.41, 5.74) is 2.19. The normalized spacial score (nSPS) is 22.7. The fourth-order valence-electron chi connectivity index (χ4n) is 3.30. The van der Waals surface area contributed by atoms with E-state index in [0.717, 1.165) is 38.3 Å². The number of hydrogen-bond donors (Lipinski definition) is 3. The van der Waals surface area contributed by atoms with Gasteiger partial charge in [-0.25, -0.2) is 4.39 Å². The van der Waals surface area contributed by atoms with Crippen molar-refractivity contribution in [1.29, 1.82) is 0 Å². The van der Waals surface area contributed by atoms with Crippen molar-refractivity contribution >= 4 is 0 Å². The molecule has 3 nitrogen and oxygen atoms in total. The summed E-state index contributed by atoms with van der Waals surface area (Å²) >= 11 is 0. The van der Waals surface area contributed by atoms with Crippen LogP contribution >= 0.6 is 0 Å². The minimum Gasteiger partial charge on any atom is -0.382 e. The number of nitrogens with one attached hydrogen (secondary N) is 2. The van der Waals surface area contributed by atoms with Crippen molar-refractivity contribution in [1.82, 2.24) is 0 Å². The average molecular weight is 316 g/mol. The van der Waals surface area contributed by atoms with Crippen LogP contribution in [0.5, 0.6) is 0 Å². The highest BCUT2D eigenvalue weighted by Gasteiger charge is 2.25. The van der Waals surface area contributed by atoms with Crippen molar-refractivity contribution < 1.29 is 19.3 Å². The minimum atomic E-state index is -0.513. The predicted molar refractivity (Wildman–Crippen MR) is 87.8 cm³/mol. The third-order valence-electron chi connectivity index (χ3n) is 4.70. The summed E-state index contributed by atoms with van der Waals surface area (Å²) in [7, 11) is 0. The molecule has 2 aromatic rings. The molecule has 0 unspecified atom stereocenters. The second-order valence-electron chi connectivity index (χ2n) is 6.43. The van der Waals surface area contributed by atoms with E-state index in [2.05, 4.69) is 30.3 Å². The van der Waals surface area contributed by atoms with Gasteiger partial charge in [-0.3, -0.25) is 0 Å². The molecule has 0 bridgehead atoms. The summed E-state index contributed by atoms with van der Waals surface area (Å²) in [6, 6.07) is 16.8. The monoisotopic (exact) mass is 316 g/mol. The van der Waals surface area contributed by atoms with E-state index in [4.69, 9.17) is 0 Å². The third-order valence-corrected chi connectivity index (χ3v) is 4.70. The lowest BCUT2D eigenvalue weighted by Gasteiger charge is -2.30. The summed E-state index contributed by atoms with van der Waals surface area (Å²) in [5, 5.41) is 10.3. The Bertz CT molecular complexity index is 595. The molecule has 1 atom stereocenters. The summed E-state index contributed by atoms with van der Waals surface area (Å²) < 4.78 is 12.9. The molecular weight excluding hydrogens is 291 g/mol. The van der Waals surface area contributed by atoms with Crippen LogP contribution in [-0.2, 0) is 6.54 Å². The number of halogens is 1. The van der Waals surface area contributed by atoms with Crippen LogP contribution in [0.25, 0.3) is 0 Å². The van der Waals surface area contributed by atoms with E-state index in [1.165, 1.54) is 22.6 Å². The van der Waals surface area contributed by atoms with Gasteiger partial charge in [0.05, 0.1) is 0 Å². The van der Waals surface area contributed by atoms with Gasteiger partial charge in [0.2, 0.25) is 0 Å². The third kappa shape index (κ3) is 4.61. The van der Waals surface area contributed by atoms with Crippen LogP contribution < -0.4 is 9.80 Å². The molecule has 23 heavy (non-hydrogen) atoms. The van der Waals surface area contributed by atoms with Gasteiger partial charge in [0, 0.05) is 5.56 Å². The lowest BCUT2D eigenvalue weighted by atomic mass is 10.1. The Morgan fingerprint density at radius 1 is 0.870 bits per heavy atom. The molecule has 122 valence electrons.